The average molecular weight is 328 g/mol. The molecule has 2 amide bonds. The molecular weight excluding hydrogens is 304 g/mol. The van der Waals surface area contributed by atoms with Crippen molar-refractivity contribution in [2.75, 3.05) is 11.9 Å². The minimum absolute atomic E-state index is 0.287. The number of urea groups is 1. The van der Waals surface area contributed by atoms with Crippen LogP contribution in [0.4, 0.5) is 10.5 Å². The first-order valence-electron chi connectivity index (χ1n) is 8.47. The molecule has 1 aliphatic rings. The van der Waals surface area contributed by atoms with Crippen LogP contribution in [0.5, 0.6) is 0 Å². The molecule has 6 nitrogen and oxygen atoms in total. The molecule has 1 heterocycles. The van der Waals surface area contributed by atoms with E-state index in [9.17, 15) is 9.90 Å². The summed E-state index contributed by atoms with van der Waals surface area (Å²) < 4.78 is 1.83. The normalized spacial score (nSPS) is 16.5. The number of rotatable bonds is 5. The van der Waals surface area contributed by atoms with Gasteiger partial charge >= 0.3 is 6.03 Å². The molecule has 3 N–H and O–H groups in total. The van der Waals surface area contributed by atoms with E-state index in [1.54, 1.807) is 6.20 Å². The highest BCUT2D eigenvalue weighted by molar-refractivity contribution is 5.89. The summed E-state index contributed by atoms with van der Waals surface area (Å²) in [7, 11) is 0. The van der Waals surface area contributed by atoms with Crippen LogP contribution in [0.25, 0.3) is 0 Å². The fraction of sp³-hybridized carbons (Fsp3) is 0.444. The van der Waals surface area contributed by atoms with Gasteiger partial charge in [0.1, 0.15) is 0 Å². The predicted molar refractivity (Wildman–Crippen MR) is 92.8 cm³/mol. The Hall–Kier alpha value is -2.34. The molecule has 1 aromatic heterocycles. The Balaban J connectivity index is 1.52. The van der Waals surface area contributed by atoms with Crippen LogP contribution in [0, 0.1) is 0 Å². The third-order valence-electron chi connectivity index (χ3n) is 4.45. The first-order chi connectivity index (χ1) is 11.6. The van der Waals surface area contributed by atoms with E-state index in [-0.39, 0.29) is 6.03 Å². The molecule has 24 heavy (non-hydrogen) atoms. The van der Waals surface area contributed by atoms with Crippen molar-refractivity contribution in [3.05, 3.63) is 48.3 Å². The number of benzene rings is 1. The fourth-order valence-corrected chi connectivity index (χ4v) is 3.14. The number of aromatic nitrogens is 2. The highest BCUT2D eigenvalue weighted by atomic mass is 16.3. The summed E-state index contributed by atoms with van der Waals surface area (Å²) in [5, 5.41) is 20.2. The van der Waals surface area contributed by atoms with Gasteiger partial charge < -0.3 is 15.7 Å². The van der Waals surface area contributed by atoms with Gasteiger partial charge in [0.15, 0.2) is 0 Å². The highest BCUT2D eigenvalue weighted by Crippen LogP contribution is 2.27. The molecule has 3 rings (SSSR count). The van der Waals surface area contributed by atoms with Gasteiger partial charge in [-0.05, 0) is 36.6 Å². The van der Waals surface area contributed by atoms with Gasteiger partial charge in [0.25, 0.3) is 0 Å². The topological polar surface area (TPSA) is 79.2 Å². The lowest BCUT2D eigenvalue weighted by atomic mass is 9.85. The van der Waals surface area contributed by atoms with Crippen LogP contribution in [-0.2, 0) is 6.54 Å². The van der Waals surface area contributed by atoms with Gasteiger partial charge in [-0.15, -0.1) is 0 Å². The van der Waals surface area contributed by atoms with Gasteiger partial charge in [-0.3, -0.25) is 4.68 Å². The molecule has 0 bridgehead atoms. The second kappa shape index (κ2) is 7.49. The monoisotopic (exact) mass is 328 g/mol. The lowest BCUT2D eigenvalue weighted by Gasteiger charge is -2.32. The fourth-order valence-electron chi connectivity index (χ4n) is 3.14. The lowest BCUT2D eigenvalue weighted by molar-refractivity contribution is 0.00755. The van der Waals surface area contributed by atoms with Crippen LogP contribution in [0.2, 0.25) is 0 Å². The summed E-state index contributed by atoms with van der Waals surface area (Å²) in [4.78, 5) is 12.1. The number of carbonyl (C=O) groups is 1. The van der Waals surface area contributed by atoms with Gasteiger partial charge in [-0.1, -0.05) is 31.4 Å². The number of aliphatic hydroxyl groups is 1. The number of hydrogen-bond donors (Lipinski definition) is 3. The Morgan fingerprint density at radius 3 is 2.83 bits per heavy atom. The molecule has 0 unspecified atom stereocenters. The van der Waals surface area contributed by atoms with Crippen LogP contribution in [0.15, 0.2) is 42.7 Å². The van der Waals surface area contributed by atoms with Crippen LogP contribution in [0.1, 0.15) is 37.7 Å². The molecule has 1 aliphatic carbocycles. The van der Waals surface area contributed by atoms with E-state index >= 15 is 0 Å². The Kier molecular flexibility index (Phi) is 5.15. The van der Waals surface area contributed by atoms with Gasteiger partial charge in [0.05, 0.1) is 12.1 Å². The van der Waals surface area contributed by atoms with Crippen LogP contribution in [-0.4, -0.2) is 33.1 Å². The summed E-state index contributed by atoms with van der Waals surface area (Å²) in [6.07, 6.45) is 8.37. The Morgan fingerprint density at radius 2 is 2.08 bits per heavy atom. The van der Waals surface area contributed by atoms with Crippen molar-refractivity contribution in [2.24, 2.45) is 0 Å². The van der Waals surface area contributed by atoms with E-state index in [1.165, 1.54) is 0 Å². The Bertz CT molecular complexity index is 663. The molecular formula is C18H24N4O2. The van der Waals surface area contributed by atoms with Crippen molar-refractivity contribution in [3.63, 3.8) is 0 Å². The quantitative estimate of drug-likeness (QED) is 0.789. The zero-order valence-corrected chi connectivity index (χ0v) is 13.7. The summed E-state index contributed by atoms with van der Waals surface area (Å²) in [6.45, 7) is 0.954. The van der Waals surface area contributed by atoms with Crippen molar-refractivity contribution >= 4 is 11.7 Å². The third kappa shape index (κ3) is 4.58. The molecule has 2 aromatic rings. The number of anilines is 1. The van der Waals surface area contributed by atoms with Crippen molar-refractivity contribution in [1.29, 1.82) is 0 Å². The molecule has 128 valence electrons. The van der Waals surface area contributed by atoms with E-state index < -0.39 is 5.60 Å². The molecule has 1 saturated carbocycles. The summed E-state index contributed by atoms with van der Waals surface area (Å²) in [5.74, 6) is 0. The van der Waals surface area contributed by atoms with E-state index in [0.717, 1.165) is 43.4 Å². The second-order valence-electron chi connectivity index (χ2n) is 6.50. The van der Waals surface area contributed by atoms with E-state index in [4.69, 9.17) is 0 Å². The molecule has 1 aromatic carbocycles. The first-order valence-corrected chi connectivity index (χ1v) is 8.47. The molecule has 0 atom stereocenters. The zero-order chi connectivity index (χ0) is 16.8. The maximum absolute atomic E-state index is 12.1. The van der Waals surface area contributed by atoms with Crippen LogP contribution < -0.4 is 10.6 Å². The smallest absolute Gasteiger partial charge is 0.319 e. The second-order valence-corrected chi connectivity index (χ2v) is 6.50. The molecule has 6 heteroatoms. The van der Waals surface area contributed by atoms with Gasteiger partial charge in [-0.2, -0.15) is 5.10 Å². The van der Waals surface area contributed by atoms with Crippen molar-refractivity contribution in [3.8, 4) is 0 Å². The van der Waals surface area contributed by atoms with E-state index in [0.29, 0.717) is 13.1 Å². The standard InChI is InChI=1S/C18H24N4O2/c23-17(19-14-18(24)8-2-1-3-9-18)21-16-7-4-6-15(12-16)13-22-11-5-10-20-22/h4-7,10-12,24H,1-3,8-9,13-14H2,(H2,19,21,23). The molecule has 1 fully saturated rings. The number of nitrogens with zero attached hydrogens (tertiary/aromatic N) is 2. The Morgan fingerprint density at radius 1 is 1.25 bits per heavy atom. The lowest BCUT2D eigenvalue weighted by Crippen LogP contribution is -2.45. The third-order valence-corrected chi connectivity index (χ3v) is 4.45. The van der Waals surface area contributed by atoms with E-state index in [1.807, 2.05) is 41.2 Å². The molecule has 0 radical (unpaired) electrons. The highest BCUT2D eigenvalue weighted by Gasteiger charge is 2.29. The molecule has 0 aliphatic heterocycles. The van der Waals surface area contributed by atoms with Gasteiger partial charge in [0, 0.05) is 24.6 Å². The van der Waals surface area contributed by atoms with Crippen molar-refractivity contribution in [2.45, 2.75) is 44.2 Å². The summed E-state index contributed by atoms with van der Waals surface area (Å²) in [6, 6.07) is 9.27. The Labute approximate surface area is 141 Å². The SMILES string of the molecule is O=C(NCC1(O)CCCCC1)Nc1cccc(Cn2cccn2)c1. The number of nitrogens with one attached hydrogen (secondary N) is 2. The van der Waals surface area contributed by atoms with E-state index in [2.05, 4.69) is 15.7 Å². The van der Waals surface area contributed by atoms with Gasteiger partial charge in [-0.25, -0.2) is 4.79 Å². The summed E-state index contributed by atoms with van der Waals surface area (Å²) in [5.41, 5.74) is 1.03. The first kappa shape index (κ1) is 16.5. The number of amides is 2. The number of carbonyl (C=O) groups excluding carboxylic acids is 1. The largest absolute Gasteiger partial charge is 0.388 e. The maximum Gasteiger partial charge on any atom is 0.319 e. The predicted octanol–water partition coefficient (Wildman–Crippen LogP) is 2.75. The maximum atomic E-state index is 12.1. The summed E-state index contributed by atoms with van der Waals surface area (Å²) >= 11 is 0. The van der Waals surface area contributed by atoms with Crippen LogP contribution in [0.3, 0.4) is 0 Å². The van der Waals surface area contributed by atoms with Crippen molar-refractivity contribution < 1.29 is 9.90 Å². The number of hydrogen-bond acceptors (Lipinski definition) is 3. The minimum atomic E-state index is -0.752. The zero-order valence-electron chi connectivity index (χ0n) is 13.7. The van der Waals surface area contributed by atoms with Crippen molar-refractivity contribution in [1.82, 2.24) is 15.1 Å². The average Bonchev–Trinajstić information content (AvgIpc) is 3.07. The van der Waals surface area contributed by atoms with Gasteiger partial charge in [0.2, 0.25) is 0 Å². The molecule has 0 saturated heterocycles. The van der Waals surface area contributed by atoms with Crippen LogP contribution >= 0.6 is 0 Å². The molecule has 0 spiro atoms. The minimum Gasteiger partial charge on any atom is -0.388 e.